The lowest BCUT2D eigenvalue weighted by molar-refractivity contribution is 0.0200. The number of hydrogen-bond acceptors (Lipinski definition) is 5. The van der Waals surface area contributed by atoms with E-state index in [0.717, 1.165) is 32.5 Å². The molecule has 0 saturated carbocycles. The largest absolute Gasteiger partial charge is 0.444 e. The van der Waals surface area contributed by atoms with E-state index in [0.29, 0.717) is 0 Å². The molecule has 0 radical (unpaired) electrons. The van der Waals surface area contributed by atoms with Crippen molar-refractivity contribution in [3.63, 3.8) is 0 Å². The van der Waals surface area contributed by atoms with E-state index in [2.05, 4.69) is 46.6 Å². The number of benzene rings is 1. The number of likely N-dealkylation sites (tertiary alicyclic amines) is 1. The van der Waals surface area contributed by atoms with Crippen LogP contribution in [0.1, 0.15) is 51.7 Å². The van der Waals surface area contributed by atoms with Gasteiger partial charge in [-0.05, 0) is 51.7 Å². The second-order valence-corrected chi connectivity index (χ2v) is 8.46. The van der Waals surface area contributed by atoms with Crippen LogP contribution in [0.3, 0.4) is 0 Å². The average molecular weight is 386 g/mol. The molecule has 28 heavy (non-hydrogen) atoms. The number of amides is 1. The molecule has 1 aliphatic heterocycles. The van der Waals surface area contributed by atoms with E-state index in [1.54, 1.807) is 17.3 Å². The van der Waals surface area contributed by atoms with Gasteiger partial charge in [0, 0.05) is 19.1 Å². The second-order valence-electron chi connectivity index (χ2n) is 8.46. The van der Waals surface area contributed by atoms with Gasteiger partial charge in [0.2, 0.25) is 0 Å². The van der Waals surface area contributed by atoms with Crippen molar-refractivity contribution in [2.75, 3.05) is 6.54 Å². The normalized spacial score (nSPS) is 18.3. The minimum Gasteiger partial charge on any atom is -0.444 e. The van der Waals surface area contributed by atoms with Crippen LogP contribution < -0.4 is 5.32 Å². The molecule has 2 heterocycles. The summed E-state index contributed by atoms with van der Waals surface area (Å²) in [6, 6.07) is 8.86. The Labute approximate surface area is 167 Å². The summed E-state index contributed by atoms with van der Waals surface area (Å²) in [5.74, 6) is 0. The number of ether oxygens (including phenoxy) is 1. The summed E-state index contributed by atoms with van der Waals surface area (Å²) < 4.78 is 7.37. The molecule has 1 aromatic heterocycles. The Morgan fingerprint density at radius 3 is 2.64 bits per heavy atom. The summed E-state index contributed by atoms with van der Waals surface area (Å²) >= 11 is 0. The van der Waals surface area contributed by atoms with Crippen LogP contribution >= 0.6 is 0 Å². The predicted molar refractivity (Wildman–Crippen MR) is 108 cm³/mol. The maximum Gasteiger partial charge on any atom is 0.410 e. The first kappa shape index (κ1) is 20.3. The van der Waals surface area contributed by atoms with E-state index in [1.807, 2.05) is 25.7 Å². The van der Waals surface area contributed by atoms with E-state index < -0.39 is 5.60 Å². The maximum atomic E-state index is 12.5. The summed E-state index contributed by atoms with van der Waals surface area (Å²) in [7, 11) is 0. The Balaban J connectivity index is 1.51. The Morgan fingerprint density at radius 2 is 2.00 bits per heavy atom. The molecule has 7 heteroatoms. The topological polar surface area (TPSA) is 72.3 Å². The monoisotopic (exact) mass is 385 g/mol. The Hall–Kier alpha value is -2.41. The number of hydrogen-bond donors (Lipinski definition) is 1. The molecule has 1 aliphatic rings. The first-order chi connectivity index (χ1) is 13.3. The lowest BCUT2D eigenvalue weighted by atomic mass is 10.1. The van der Waals surface area contributed by atoms with Gasteiger partial charge >= 0.3 is 6.09 Å². The third-order valence-corrected chi connectivity index (χ3v) is 4.97. The van der Waals surface area contributed by atoms with Crippen molar-refractivity contribution in [1.29, 1.82) is 0 Å². The standard InChI is InChI=1S/C21H31N5O2/c1-16(19-6-5-11-26(19)20(27)28-21(2,3)4)23-12-17-7-9-18(10-8-17)13-25-15-22-14-24-25/h7-10,14-16,19,23H,5-6,11-13H2,1-4H3/t16-,19+/m1/s1. The van der Waals surface area contributed by atoms with Gasteiger partial charge in [0.05, 0.1) is 12.6 Å². The molecule has 2 aromatic rings. The SMILES string of the molecule is C[C@@H](NCc1ccc(Cn2cncn2)cc1)[C@@H]1CCCN1C(=O)OC(C)(C)C. The lowest BCUT2D eigenvalue weighted by Gasteiger charge is -2.32. The summed E-state index contributed by atoms with van der Waals surface area (Å²) in [5.41, 5.74) is 1.94. The number of aromatic nitrogens is 3. The summed E-state index contributed by atoms with van der Waals surface area (Å²) in [5, 5.41) is 7.71. The molecular formula is C21H31N5O2. The fourth-order valence-corrected chi connectivity index (χ4v) is 3.54. The fraction of sp³-hybridized carbons (Fsp3) is 0.571. The van der Waals surface area contributed by atoms with Crippen LogP contribution in [0.5, 0.6) is 0 Å². The number of nitrogens with zero attached hydrogens (tertiary/aromatic N) is 4. The fourth-order valence-electron chi connectivity index (χ4n) is 3.54. The van der Waals surface area contributed by atoms with Crippen LogP contribution in [0.25, 0.3) is 0 Å². The van der Waals surface area contributed by atoms with E-state index in [-0.39, 0.29) is 18.2 Å². The first-order valence-corrected chi connectivity index (χ1v) is 9.95. The Kier molecular flexibility index (Phi) is 6.34. The lowest BCUT2D eigenvalue weighted by Crippen LogP contribution is -2.48. The van der Waals surface area contributed by atoms with Gasteiger partial charge in [-0.1, -0.05) is 24.3 Å². The molecule has 1 N–H and O–H groups in total. The molecule has 152 valence electrons. The van der Waals surface area contributed by atoms with Gasteiger partial charge < -0.3 is 15.0 Å². The molecule has 2 atom stereocenters. The highest BCUT2D eigenvalue weighted by molar-refractivity contribution is 5.69. The zero-order valence-electron chi connectivity index (χ0n) is 17.3. The molecule has 0 spiro atoms. The predicted octanol–water partition coefficient (Wildman–Crippen LogP) is 3.20. The van der Waals surface area contributed by atoms with Crippen molar-refractivity contribution in [1.82, 2.24) is 25.0 Å². The number of carbonyl (C=O) groups excluding carboxylic acids is 1. The van der Waals surface area contributed by atoms with Crippen molar-refractivity contribution in [3.8, 4) is 0 Å². The first-order valence-electron chi connectivity index (χ1n) is 9.95. The third kappa shape index (κ3) is 5.55. The molecule has 1 saturated heterocycles. The van der Waals surface area contributed by atoms with Gasteiger partial charge in [-0.2, -0.15) is 5.10 Å². The van der Waals surface area contributed by atoms with Crippen molar-refractivity contribution >= 4 is 6.09 Å². The average Bonchev–Trinajstić information content (AvgIpc) is 3.31. The molecule has 0 unspecified atom stereocenters. The van der Waals surface area contributed by atoms with Gasteiger partial charge in [0.25, 0.3) is 0 Å². The van der Waals surface area contributed by atoms with Gasteiger partial charge in [-0.15, -0.1) is 0 Å². The minimum absolute atomic E-state index is 0.168. The molecule has 3 rings (SSSR count). The van der Waals surface area contributed by atoms with E-state index in [1.165, 1.54) is 11.1 Å². The minimum atomic E-state index is -0.463. The molecule has 0 bridgehead atoms. The third-order valence-electron chi connectivity index (χ3n) is 4.97. The molecule has 7 nitrogen and oxygen atoms in total. The van der Waals surface area contributed by atoms with Crippen LogP contribution in [-0.4, -0.2) is 50.0 Å². The summed E-state index contributed by atoms with van der Waals surface area (Å²) in [6.45, 7) is 10.1. The molecule has 1 fully saturated rings. The van der Waals surface area contributed by atoms with E-state index in [4.69, 9.17) is 4.74 Å². The highest BCUT2D eigenvalue weighted by Gasteiger charge is 2.35. The molecule has 1 amide bonds. The molecule has 1 aromatic carbocycles. The van der Waals surface area contributed by atoms with Crippen LogP contribution in [0.2, 0.25) is 0 Å². The summed E-state index contributed by atoms with van der Waals surface area (Å²) in [4.78, 5) is 18.3. The van der Waals surface area contributed by atoms with E-state index in [9.17, 15) is 4.79 Å². The summed E-state index contributed by atoms with van der Waals surface area (Å²) in [6.07, 6.45) is 5.08. The highest BCUT2D eigenvalue weighted by atomic mass is 16.6. The van der Waals surface area contributed by atoms with Gasteiger partial charge in [0.15, 0.2) is 0 Å². The van der Waals surface area contributed by atoms with Crippen molar-refractivity contribution in [2.24, 2.45) is 0 Å². The number of rotatable bonds is 6. The van der Waals surface area contributed by atoms with Gasteiger partial charge in [-0.3, -0.25) is 0 Å². The molecule has 0 aliphatic carbocycles. The van der Waals surface area contributed by atoms with Crippen LogP contribution in [0.4, 0.5) is 4.79 Å². The smallest absolute Gasteiger partial charge is 0.410 e. The van der Waals surface area contributed by atoms with Crippen molar-refractivity contribution < 1.29 is 9.53 Å². The van der Waals surface area contributed by atoms with Gasteiger partial charge in [0.1, 0.15) is 18.3 Å². The number of nitrogens with one attached hydrogen (secondary N) is 1. The van der Waals surface area contributed by atoms with E-state index >= 15 is 0 Å². The molecular weight excluding hydrogens is 354 g/mol. The second kappa shape index (κ2) is 8.73. The van der Waals surface area contributed by atoms with Crippen molar-refractivity contribution in [3.05, 3.63) is 48.0 Å². The Morgan fingerprint density at radius 1 is 1.29 bits per heavy atom. The van der Waals surface area contributed by atoms with Crippen LogP contribution in [0.15, 0.2) is 36.9 Å². The quantitative estimate of drug-likeness (QED) is 0.827. The maximum absolute atomic E-state index is 12.5. The van der Waals surface area contributed by atoms with Crippen molar-refractivity contribution in [2.45, 2.75) is 71.3 Å². The van der Waals surface area contributed by atoms with Gasteiger partial charge in [-0.25, -0.2) is 14.5 Å². The van der Waals surface area contributed by atoms with Crippen LogP contribution in [0, 0.1) is 0 Å². The zero-order chi connectivity index (χ0) is 20.1. The Bertz CT molecular complexity index is 752. The zero-order valence-corrected chi connectivity index (χ0v) is 17.3. The number of carbonyl (C=O) groups is 1. The highest BCUT2D eigenvalue weighted by Crippen LogP contribution is 2.23. The van der Waals surface area contributed by atoms with Crippen LogP contribution in [-0.2, 0) is 17.8 Å².